The van der Waals surface area contributed by atoms with Gasteiger partial charge in [0.05, 0.1) is 0 Å². The van der Waals surface area contributed by atoms with Gasteiger partial charge in [-0.1, -0.05) is 24.3 Å². The first kappa shape index (κ1) is 12.0. The number of aromatic nitrogens is 1. The van der Waals surface area contributed by atoms with E-state index in [1.54, 1.807) is 0 Å². The lowest BCUT2D eigenvalue weighted by Crippen LogP contribution is -2.19. The van der Waals surface area contributed by atoms with Gasteiger partial charge in [0.2, 0.25) is 0 Å². The summed E-state index contributed by atoms with van der Waals surface area (Å²) < 4.78 is 0. The summed E-state index contributed by atoms with van der Waals surface area (Å²) in [5, 5.41) is 3.11. The topological polar surface area (TPSA) is 28.2 Å². The van der Waals surface area contributed by atoms with E-state index >= 15 is 0 Å². The Morgan fingerprint density at radius 3 is 2.84 bits per heavy atom. The van der Waals surface area contributed by atoms with Crippen molar-refractivity contribution in [2.75, 3.05) is 23.8 Å². The van der Waals surface area contributed by atoms with Gasteiger partial charge in [-0.25, -0.2) is 4.98 Å². The van der Waals surface area contributed by atoms with E-state index in [9.17, 15) is 0 Å². The number of nitrogens with one attached hydrogen (secondary N) is 1. The fraction of sp³-hybridized carbons (Fsp3) is 0.312. The molecule has 1 aromatic carbocycles. The molecule has 3 heteroatoms. The molecular weight excluding hydrogens is 234 g/mol. The molecule has 0 bridgehead atoms. The minimum absolute atomic E-state index is 0.916. The molecule has 0 aliphatic carbocycles. The van der Waals surface area contributed by atoms with E-state index in [1.807, 2.05) is 13.1 Å². The van der Waals surface area contributed by atoms with Gasteiger partial charge in [0.15, 0.2) is 0 Å². The number of rotatable bonds is 2. The molecule has 0 radical (unpaired) electrons. The summed E-state index contributed by atoms with van der Waals surface area (Å²) in [6.45, 7) is 1.04. The third-order valence-electron chi connectivity index (χ3n) is 3.63. The summed E-state index contributed by atoms with van der Waals surface area (Å²) in [6.07, 6.45) is 3.62. The van der Waals surface area contributed by atoms with Gasteiger partial charge in [-0.15, -0.1) is 0 Å². The molecule has 1 N–H and O–H groups in total. The molecule has 2 heterocycles. The minimum atomic E-state index is 0.916. The first-order valence-corrected chi connectivity index (χ1v) is 6.89. The third-order valence-corrected chi connectivity index (χ3v) is 3.63. The molecular formula is C16H19N3. The van der Waals surface area contributed by atoms with Gasteiger partial charge in [-0.2, -0.15) is 0 Å². The van der Waals surface area contributed by atoms with Crippen LogP contribution in [0.15, 0.2) is 42.5 Å². The fourth-order valence-electron chi connectivity index (χ4n) is 2.64. The Labute approximate surface area is 114 Å². The summed E-state index contributed by atoms with van der Waals surface area (Å²) in [7, 11) is 1.91. The third kappa shape index (κ3) is 2.41. The van der Waals surface area contributed by atoms with Crippen LogP contribution < -0.4 is 10.2 Å². The number of pyridine rings is 1. The second-order valence-corrected chi connectivity index (χ2v) is 4.87. The zero-order valence-corrected chi connectivity index (χ0v) is 11.3. The summed E-state index contributed by atoms with van der Waals surface area (Å²) in [5.41, 5.74) is 2.73. The molecule has 3 nitrogen and oxygen atoms in total. The van der Waals surface area contributed by atoms with Crippen molar-refractivity contribution >= 4 is 17.3 Å². The largest absolute Gasteiger partial charge is 0.373 e. The van der Waals surface area contributed by atoms with Crippen molar-refractivity contribution in [3.8, 4) is 0 Å². The smallest absolute Gasteiger partial charge is 0.135 e. The van der Waals surface area contributed by atoms with Crippen LogP contribution in [0.4, 0.5) is 17.3 Å². The number of benzene rings is 1. The van der Waals surface area contributed by atoms with E-state index < -0.39 is 0 Å². The quantitative estimate of drug-likeness (QED) is 0.886. The monoisotopic (exact) mass is 253 g/mol. The van der Waals surface area contributed by atoms with Crippen LogP contribution >= 0.6 is 0 Å². The molecule has 1 aliphatic heterocycles. The molecule has 19 heavy (non-hydrogen) atoms. The van der Waals surface area contributed by atoms with Gasteiger partial charge < -0.3 is 10.2 Å². The van der Waals surface area contributed by atoms with Crippen LogP contribution in [0.3, 0.4) is 0 Å². The van der Waals surface area contributed by atoms with Crippen molar-refractivity contribution in [3.05, 3.63) is 48.0 Å². The van der Waals surface area contributed by atoms with Crippen molar-refractivity contribution in [2.45, 2.75) is 19.3 Å². The molecule has 1 aromatic heterocycles. The molecule has 0 atom stereocenters. The van der Waals surface area contributed by atoms with E-state index in [2.05, 4.69) is 51.6 Å². The Morgan fingerprint density at radius 1 is 1.05 bits per heavy atom. The predicted octanol–water partition coefficient (Wildman–Crippen LogP) is 3.60. The number of anilines is 3. The maximum absolute atomic E-state index is 4.67. The highest BCUT2D eigenvalue weighted by atomic mass is 15.2. The minimum Gasteiger partial charge on any atom is -0.373 e. The van der Waals surface area contributed by atoms with Crippen LogP contribution in [0.25, 0.3) is 0 Å². The average Bonchev–Trinajstić information content (AvgIpc) is 2.69. The lowest BCUT2D eigenvalue weighted by molar-refractivity contribution is 0.758. The lowest BCUT2D eigenvalue weighted by Gasteiger charge is -2.24. The molecule has 0 saturated carbocycles. The van der Waals surface area contributed by atoms with Crippen molar-refractivity contribution in [1.82, 2.24) is 4.98 Å². The standard InChI is InChI=1S/C16H19N3/c1-17-15-10-6-11-16(18-15)19-12-5-4-8-13-7-2-3-9-14(13)19/h2-3,6-7,9-11H,4-5,8,12H2,1H3,(H,17,18). The number of aryl methyl sites for hydroxylation is 1. The summed E-state index contributed by atoms with van der Waals surface area (Å²) >= 11 is 0. The Morgan fingerprint density at radius 2 is 1.95 bits per heavy atom. The van der Waals surface area contributed by atoms with E-state index in [0.29, 0.717) is 0 Å². The number of hydrogen-bond donors (Lipinski definition) is 1. The summed E-state index contributed by atoms with van der Waals surface area (Å²) in [6, 6.07) is 14.8. The van der Waals surface area contributed by atoms with Gasteiger partial charge in [0.1, 0.15) is 11.6 Å². The maximum atomic E-state index is 4.67. The molecule has 98 valence electrons. The number of nitrogens with zero attached hydrogens (tertiary/aromatic N) is 2. The Kier molecular flexibility index (Phi) is 3.36. The summed E-state index contributed by atoms with van der Waals surface area (Å²) in [5.74, 6) is 1.94. The van der Waals surface area contributed by atoms with Crippen LogP contribution in [0.2, 0.25) is 0 Å². The zero-order chi connectivity index (χ0) is 13.1. The molecule has 0 spiro atoms. The van der Waals surface area contributed by atoms with Crippen LogP contribution in [0.5, 0.6) is 0 Å². The highest BCUT2D eigenvalue weighted by molar-refractivity contribution is 5.65. The van der Waals surface area contributed by atoms with Gasteiger partial charge in [0.25, 0.3) is 0 Å². The van der Waals surface area contributed by atoms with Crippen molar-refractivity contribution < 1.29 is 0 Å². The molecule has 0 unspecified atom stereocenters. The van der Waals surface area contributed by atoms with Crippen LogP contribution in [-0.4, -0.2) is 18.6 Å². The zero-order valence-electron chi connectivity index (χ0n) is 11.3. The second-order valence-electron chi connectivity index (χ2n) is 4.87. The first-order valence-electron chi connectivity index (χ1n) is 6.89. The highest BCUT2D eigenvalue weighted by Crippen LogP contribution is 2.31. The summed E-state index contributed by atoms with van der Waals surface area (Å²) in [4.78, 5) is 7.01. The van der Waals surface area contributed by atoms with Crippen LogP contribution in [0, 0.1) is 0 Å². The number of para-hydroxylation sites is 1. The second kappa shape index (κ2) is 5.31. The van der Waals surface area contributed by atoms with Crippen LogP contribution in [-0.2, 0) is 6.42 Å². The molecule has 1 aliphatic rings. The molecule has 0 amide bonds. The normalized spacial score (nSPS) is 14.7. The molecule has 2 aromatic rings. The van der Waals surface area contributed by atoms with Crippen molar-refractivity contribution in [2.24, 2.45) is 0 Å². The lowest BCUT2D eigenvalue weighted by atomic mass is 10.1. The van der Waals surface area contributed by atoms with Crippen LogP contribution in [0.1, 0.15) is 18.4 Å². The Bertz CT molecular complexity index is 565. The molecule has 0 saturated heterocycles. The van der Waals surface area contributed by atoms with Crippen molar-refractivity contribution in [1.29, 1.82) is 0 Å². The number of fused-ring (bicyclic) bond motifs is 1. The van der Waals surface area contributed by atoms with E-state index in [-0.39, 0.29) is 0 Å². The van der Waals surface area contributed by atoms with Gasteiger partial charge in [-0.3, -0.25) is 0 Å². The fourth-order valence-corrected chi connectivity index (χ4v) is 2.64. The van der Waals surface area contributed by atoms with Gasteiger partial charge >= 0.3 is 0 Å². The van der Waals surface area contributed by atoms with E-state index in [0.717, 1.165) is 18.2 Å². The maximum Gasteiger partial charge on any atom is 0.135 e. The molecule has 0 fully saturated rings. The SMILES string of the molecule is CNc1cccc(N2CCCCc3ccccc32)n1. The van der Waals surface area contributed by atoms with E-state index in [4.69, 9.17) is 0 Å². The highest BCUT2D eigenvalue weighted by Gasteiger charge is 2.17. The van der Waals surface area contributed by atoms with Gasteiger partial charge in [0, 0.05) is 19.3 Å². The van der Waals surface area contributed by atoms with Crippen molar-refractivity contribution in [3.63, 3.8) is 0 Å². The number of hydrogen-bond acceptors (Lipinski definition) is 3. The predicted molar refractivity (Wildman–Crippen MR) is 80.2 cm³/mol. The first-order chi connectivity index (χ1) is 9.38. The van der Waals surface area contributed by atoms with Gasteiger partial charge in [-0.05, 0) is 43.0 Å². The Hall–Kier alpha value is -2.03. The average molecular weight is 253 g/mol. The molecule has 3 rings (SSSR count). The van der Waals surface area contributed by atoms with E-state index in [1.165, 1.54) is 30.5 Å². The Balaban J connectivity index is 2.03.